The molecule has 0 fully saturated rings. The number of hydrogen-bond acceptors (Lipinski definition) is 6. The van der Waals surface area contributed by atoms with Gasteiger partial charge < -0.3 is 28.8 Å². The van der Waals surface area contributed by atoms with E-state index in [-0.39, 0.29) is 19.1 Å². The summed E-state index contributed by atoms with van der Waals surface area (Å²) >= 11 is 0. The molecule has 9 heteroatoms. The first-order valence-electron chi connectivity index (χ1n) is 33.5. The lowest BCUT2D eigenvalue weighted by Gasteiger charge is -2.30. The van der Waals surface area contributed by atoms with Crippen LogP contribution in [0.4, 0.5) is 0 Å². The Bertz CT molecular complexity index is 1800. The van der Waals surface area contributed by atoms with Crippen LogP contribution in [0.2, 0.25) is 0 Å². The van der Waals surface area contributed by atoms with Crippen molar-refractivity contribution < 1.29 is 32.9 Å². The van der Waals surface area contributed by atoms with Crippen molar-refractivity contribution in [2.45, 2.75) is 283 Å². The van der Waals surface area contributed by atoms with Crippen molar-refractivity contribution in [1.82, 2.24) is 5.32 Å². The molecule has 0 radical (unpaired) electrons. The summed E-state index contributed by atoms with van der Waals surface area (Å²) in [5, 5.41) is 14.1. The number of aliphatic hydroxyl groups excluding tert-OH is 1. The predicted molar refractivity (Wildman–Crippen MR) is 357 cm³/mol. The number of likely N-dealkylation sites (N-methyl/N-ethyl adjacent to an activating group) is 1. The molecular weight excluding hydrogens is 1030 g/mol. The number of allylic oxidation sites excluding steroid dienone is 22. The molecule has 82 heavy (non-hydrogen) atoms. The third kappa shape index (κ3) is 64.2. The molecule has 0 saturated carbocycles. The van der Waals surface area contributed by atoms with E-state index in [1.165, 1.54) is 122 Å². The number of phosphoric ester groups is 1. The van der Waals surface area contributed by atoms with Gasteiger partial charge in [-0.2, -0.15) is 0 Å². The summed E-state index contributed by atoms with van der Waals surface area (Å²) in [5.41, 5.74) is 0. The van der Waals surface area contributed by atoms with Crippen molar-refractivity contribution >= 4 is 13.7 Å². The second-order valence-corrected chi connectivity index (χ2v) is 24.9. The average Bonchev–Trinajstić information content (AvgIpc) is 3.47. The first kappa shape index (κ1) is 78.6. The zero-order valence-corrected chi connectivity index (χ0v) is 54.5. The number of rotatable bonds is 60. The Morgan fingerprint density at radius 2 is 0.744 bits per heavy atom. The SMILES string of the molecule is CC/C=C\C/C=C\C/C=C\C/C=C\C/C=C\C/C=C\C/C=C\C/C=C\C/C=C\C/C=C\C/C=C\CCCCCCCCCC(=O)NC(COP(=O)([O-])OCC[N+](C)(C)C)C(O)CCCCCCCCCCCCCCCCCCCCC. The Labute approximate surface area is 506 Å². The highest BCUT2D eigenvalue weighted by Crippen LogP contribution is 2.38. The summed E-state index contributed by atoms with van der Waals surface area (Å²) in [6, 6.07) is -0.817. The minimum atomic E-state index is -4.59. The molecule has 3 atom stereocenters. The van der Waals surface area contributed by atoms with Gasteiger partial charge in [-0.3, -0.25) is 9.36 Å². The quantitative estimate of drug-likeness (QED) is 0.0272. The predicted octanol–water partition coefficient (Wildman–Crippen LogP) is 20.8. The van der Waals surface area contributed by atoms with Crippen molar-refractivity contribution in [2.75, 3.05) is 40.9 Å². The minimum Gasteiger partial charge on any atom is -0.756 e. The molecule has 8 nitrogen and oxygen atoms in total. The van der Waals surface area contributed by atoms with Crippen LogP contribution in [0.5, 0.6) is 0 Å². The number of nitrogens with zero attached hydrogens (tertiary/aromatic N) is 1. The smallest absolute Gasteiger partial charge is 0.268 e. The molecule has 0 rings (SSSR count). The number of carbonyl (C=O) groups excluding carboxylic acids is 1. The molecule has 470 valence electrons. The molecule has 0 saturated heterocycles. The molecule has 0 aromatic heterocycles. The van der Waals surface area contributed by atoms with Crippen molar-refractivity contribution in [3.8, 4) is 0 Å². The van der Waals surface area contributed by atoms with Crippen LogP contribution in [0.15, 0.2) is 134 Å². The van der Waals surface area contributed by atoms with E-state index in [1.54, 1.807) is 0 Å². The summed E-state index contributed by atoms with van der Waals surface area (Å²) in [6.45, 7) is 4.61. The summed E-state index contributed by atoms with van der Waals surface area (Å²) in [7, 11) is 1.28. The number of hydrogen-bond donors (Lipinski definition) is 2. The fraction of sp³-hybridized carbons (Fsp3) is 0.685. The lowest BCUT2D eigenvalue weighted by Crippen LogP contribution is -2.46. The van der Waals surface area contributed by atoms with Gasteiger partial charge in [-0.05, 0) is 96.3 Å². The van der Waals surface area contributed by atoms with Gasteiger partial charge in [0.15, 0.2) is 0 Å². The molecule has 3 unspecified atom stereocenters. The first-order valence-corrected chi connectivity index (χ1v) is 35.0. The number of unbranched alkanes of at least 4 members (excludes halogenated alkanes) is 25. The van der Waals surface area contributed by atoms with Crippen molar-refractivity contribution in [3.63, 3.8) is 0 Å². The zero-order valence-electron chi connectivity index (χ0n) is 53.6. The zero-order chi connectivity index (χ0) is 59.8. The molecular formula is C73H127N2O6P. The first-order chi connectivity index (χ1) is 40.0. The van der Waals surface area contributed by atoms with E-state index < -0.39 is 20.0 Å². The Morgan fingerprint density at radius 1 is 0.439 bits per heavy atom. The molecule has 0 aromatic carbocycles. The Morgan fingerprint density at radius 3 is 1.09 bits per heavy atom. The molecule has 2 N–H and O–H groups in total. The Kier molecular flexibility index (Phi) is 59.6. The van der Waals surface area contributed by atoms with Crippen LogP contribution >= 0.6 is 7.82 Å². The van der Waals surface area contributed by atoms with E-state index >= 15 is 0 Å². The largest absolute Gasteiger partial charge is 0.756 e. The van der Waals surface area contributed by atoms with Crippen LogP contribution in [0.1, 0.15) is 271 Å². The lowest BCUT2D eigenvalue weighted by molar-refractivity contribution is -0.870. The second-order valence-electron chi connectivity index (χ2n) is 23.4. The molecule has 0 heterocycles. The van der Waals surface area contributed by atoms with Crippen LogP contribution in [-0.4, -0.2) is 68.5 Å². The molecule has 0 aliphatic rings. The molecule has 0 aliphatic carbocycles. The molecule has 0 aliphatic heterocycles. The third-order valence-electron chi connectivity index (χ3n) is 14.4. The van der Waals surface area contributed by atoms with Gasteiger partial charge in [0.1, 0.15) is 13.2 Å². The summed E-state index contributed by atoms with van der Waals surface area (Å²) < 4.78 is 23.5. The van der Waals surface area contributed by atoms with Gasteiger partial charge in [-0.1, -0.05) is 302 Å². The maximum absolute atomic E-state index is 13.0. The van der Waals surface area contributed by atoms with Crippen molar-refractivity contribution in [1.29, 1.82) is 0 Å². The van der Waals surface area contributed by atoms with Gasteiger partial charge in [0.2, 0.25) is 5.91 Å². The number of aliphatic hydroxyl groups is 1. The van der Waals surface area contributed by atoms with Crippen molar-refractivity contribution in [2.24, 2.45) is 0 Å². The maximum atomic E-state index is 13.0. The maximum Gasteiger partial charge on any atom is 0.268 e. The van der Waals surface area contributed by atoms with E-state index in [4.69, 9.17) is 9.05 Å². The van der Waals surface area contributed by atoms with Crippen LogP contribution in [0, 0.1) is 0 Å². The highest BCUT2D eigenvalue weighted by atomic mass is 31.2. The molecule has 0 aromatic rings. The van der Waals surface area contributed by atoms with Gasteiger partial charge in [0.05, 0.1) is 39.9 Å². The third-order valence-corrected chi connectivity index (χ3v) is 15.4. The Hall–Kier alpha value is -3.36. The highest BCUT2D eigenvalue weighted by molar-refractivity contribution is 7.45. The van der Waals surface area contributed by atoms with Gasteiger partial charge in [-0.25, -0.2) is 0 Å². The van der Waals surface area contributed by atoms with Gasteiger partial charge in [0.25, 0.3) is 7.82 Å². The van der Waals surface area contributed by atoms with E-state index in [9.17, 15) is 19.4 Å². The topological polar surface area (TPSA) is 108 Å². The monoisotopic (exact) mass is 1160 g/mol. The van der Waals surface area contributed by atoms with E-state index in [0.717, 1.165) is 122 Å². The van der Waals surface area contributed by atoms with Crippen LogP contribution in [-0.2, 0) is 18.4 Å². The van der Waals surface area contributed by atoms with E-state index in [1.807, 2.05) is 21.1 Å². The lowest BCUT2D eigenvalue weighted by atomic mass is 10.0. The van der Waals surface area contributed by atoms with Crippen LogP contribution in [0.3, 0.4) is 0 Å². The summed E-state index contributed by atoms with van der Waals surface area (Å²) in [4.78, 5) is 25.6. The van der Waals surface area contributed by atoms with Crippen LogP contribution < -0.4 is 10.2 Å². The molecule has 0 spiro atoms. The van der Waals surface area contributed by atoms with Crippen molar-refractivity contribution in [3.05, 3.63) is 134 Å². The number of carbonyl (C=O) groups is 1. The Balaban J connectivity index is 4.13. The number of nitrogens with one attached hydrogen (secondary N) is 1. The average molecular weight is 1160 g/mol. The number of amides is 1. The fourth-order valence-electron chi connectivity index (χ4n) is 9.22. The summed E-state index contributed by atoms with van der Waals surface area (Å²) in [6.07, 6.45) is 93.6. The summed E-state index contributed by atoms with van der Waals surface area (Å²) in [5.74, 6) is -0.179. The standard InChI is InChI=1S/C73H127N2O6P/c1-6-8-10-12-14-16-18-20-22-24-26-27-28-29-30-31-32-33-34-35-36-37-38-39-40-41-42-43-44-45-46-47-49-51-53-55-57-59-61-63-65-67-73(77)74-71(70-81-82(78,79)80-69-68-75(3,4)5)72(76)66-64-62-60-58-56-54-52-50-48-25-23-21-19-17-15-13-11-9-7-2/h8,10,14,16,20,22,26-27,29-30,32-33,35-36,38-39,41-42,44-45,47,49,71-72,76H,6-7,9,11-13,15,17-19,21,23-25,28,31,34,37,40,43,46,48,50-70H2,1-5H3,(H-,74,77,78,79)/b10-8-,16-14-,22-20-,27-26-,30-29-,33-32-,36-35-,39-38-,42-41-,45-44-,49-47-. The molecule has 1 amide bonds. The normalized spacial score (nSPS) is 14.6. The fourth-order valence-corrected chi connectivity index (χ4v) is 9.95. The number of quaternary nitrogens is 1. The van der Waals surface area contributed by atoms with Gasteiger partial charge in [0, 0.05) is 6.42 Å². The van der Waals surface area contributed by atoms with E-state index in [0.29, 0.717) is 23.9 Å². The van der Waals surface area contributed by atoms with E-state index in [2.05, 4.69) is 153 Å². The van der Waals surface area contributed by atoms with Crippen LogP contribution in [0.25, 0.3) is 0 Å². The van der Waals surface area contributed by atoms with Gasteiger partial charge in [-0.15, -0.1) is 0 Å². The highest BCUT2D eigenvalue weighted by Gasteiger charge is 2.24. The minimum absolute atomic E-state index is 0.00398. The molecule has 0 bridgehead atoms. The van der Waals surface area contributed by atoms with Gasteiger partial charge >= 0.3 is 0 Å². The number of phosphoric acid groups is 1. The second kappa shape index (κ2) is 62.2.